The predicted molar refractivity (Wildman–Crippen MR) is 101 cm³/mol. The molecule has 3 amide bonds. The third kappa shape index (κ3) is 4.97. The summed E-state index contributed by atoms with van der Waals surface area (Å²) in [7, 11) is 1.60. The van der Waals surface area contributed by atoms with Crippen molar-refractivity contribution in [3.63, 3.8) is 0 Å². The number of hydrogen-bond acceptors (Lipinski definition) is 5. The van der Waals surface area contributed by atoms with Crippen molar-refractivity contribution in [2.24, 2.45) is 11.7 Å². The Bertz CT molecular complexity index is 863. The van der Waals surface area contributed by atoms with E-state index in [1.165, 1.54) is 0 Å². The number of ether oxygens (including phenoxy) is 2. The first kappa shape index (κ1) is 20.2. The van der Waals surface area contributed by atoms with Crippen LogP contribution in [0, 0.1) is 5.92 Å². The van der Waals surface area contributed by atoms with Crippen LogP contribution in [0.5, 0.6) is 5.75 Å². The molecule has 2 aromatic carbocycles. The van der Waals surface area contributed by atoms with Gasteiger partial charge in [-0.15, -0.1) is 0 Å². The number of benzene rings is 2. The van der Waals surface area contributed by atoms with E-state index in [9.17, 15) is 14.4 Å². The molecule has 7 heteroatoms. The molecule has 0 heterocycles. The molecule has 0 aliphatic heterocycles. The number of urea groups is 1. The van der Waals surface area contributed by atoms with Crippen molar-refractivity contribution in [2.75, 3.05) is 7.11 Å². The Hall–Kier alpha value is -3.09. The average Bonchev–Trinajstić information content (AvgIpc) is 2.63. The second-order valence-electron chi connectivity index (χ2n) is 6.65. The number of fused-ring (bicyclic) bond motifs is 1. The van der Waals surface area contributed by atoms with Crippen LogP contribution in [0.1, 0.15) is 32.3 Å². The van der Waals surface area contributed by atoms with E-state index in [1.807, 2.05) is 41.7 Å². The molecule has 0 radical (unpaired) electrons. The Kier molecular flexibility index (Phi) is 6.39. The largest absolute Gasteiger partial charge is 0.497 e. The number of nitrogens with two attached hydrogens (primary N) is 1. The Labute approximate surface area is 157 Å². The molecule has 2 aromatic rings. The van der Waals surface area contributed by atoms with E-state index in [0.717, 1.165) is 22.1 Å². The number of esters is 1. The molecule has 0 aliphatic rings. The van der Waals surface area contributed by atoms with Gasteiger partial charge in [0.05, 0.1) is 13.0 Å². The SMILES string of the molecule is COc1ccc2cc([C@H](C)C(=O)O[C@H](C(=O)NC(N)=O)C(C)C)ccc2c1. The molecule has 0 saturated heterocycles. The summed E-state index contributed by atoms with van der Waals surface area (Å²) in [6.07, 6.45) is -1.10. The topological polar surface area (TPSA) is 108 Å². The maximum Gasteiger partial charge on any atom is 0.318 e. The van der Waals surface area contributed by atoms with Gasteiger partial charge in [0.2, 0.25) is 0 Å². The first-order valence-corrected chi connectivity index (χ1v) is 8.61. The molecule has 7 nitrogen and oxygen atoms in total. The second kappa shape index (κ2) is 8.53. The lowest BCUT2D eigenvalue weighted by atomic mass is 9.97. The van der Waals surface area contributed by atoms with Crippen molar-refractivity contribution < 1.29 is 23.9 Å². The molecule has 0 aromatic heterocycles. The maximum absolute atomic E-state index is 12.5. The lowest BCUT2D eigenvalue weighted by Crippen LogP contribution is -2.46. The third-order valence-electron chi connectivity index (χ3n) is 4.28. The zero-order valence-corrected chi connectivity index (χ0v) is 15.8. The molecule has 0 fully saturated rings. The van der Waals surface area contributed by atoms with Gasteiger partial charge in [-0.2, -0.15) is 0 Å². The first-order valence-electron chi connectivity index (χ1n) is 8.61. The summed E-state index contributed by atoms with van der Waals surface area (Å²) >= 11 is 0. The summed E-state index contributed by atoms with van der Waals surface area (Å²) in [6, 6.07) is 10.3. The van der Waals surface area contributed by atoms with Gasteiger partial charge in [-0.3, -0.25) is 14.9 Å². The van der Waals surface area contributed by atoms with Crippen LogP contribution in [0.15, 0.2) is 36.4 Å². The molecule has 0 aliphatic carbocycles. The smallest absolute Gasteiger partial charge is 0.318 e. The number of methoxy groups -OCH3 is 1. The molecular weight excluding hydrogens is 348 g/mol. The van der Waals surface area contributed by atoms with Crippen LogP contribution in [0.25, 0.3) is 10.8 Å². The maximum atomic E-state index is 12.5. The van der Waals surface area contributed by atoms with E-state index in [-0.39, 0.29) is 5.92 Å². The van der Waals surface area contributed by atoms with Crippen molar-refractivity contribution >= 4 is 28.7 Å². The van der Waals surface area contributed by atoms with Gasteiger partial charge < -0.3 is 15.2 Å². The minimum absolute atomic E-state index is 0.315. The standard InChI is InChI=1S/C20H24N2O5/c1-11(2)17(18(23)22-20(21)25)27-19(24)12(3)13-5-6-15-10-16(26-4)8-7-14(15)9-13/h5-12,17H,1-4H3,(H3,21,22,23,25)/t12-,17-/m0/s1. The quantitative estimate of drug-likeness (QED) is 0.758. The third-order valence-corrected chi connectivity index (χ3v) is 4.28. The molecule has 27 heavy (non-hydrogen) atoms. The van der Waals surface area contributed by atoms with Crippen LogP contribution in [0.3, 0.4) is 0 Å². The highest BCUT2D eigenvalue weighted by Gasteiger charge is 2.29. The van der Waals surface area contributed by atoms with Gasteiger partial charge in [0.1, 0.15) is 5.75 Å². The van der Waals surface area contributed by atoms with E-state index < -0.39 is 29.9 Å². The van der Waals surface area contributed by atoms with Crippen molar-refractivity contribution in [1.82, 2.24) is 5.32 Å². The summed E-state index contributed by atoms with van der Waals surface area (Å²) in [5.74, 6) is -1.43. The number of carbonyl (C=O) groups is 3. The molecule has 2 atom stereocenters. The molecule has 144 valence electrons. The highest BCUT2D eigenvalue weighted by Crippen LogP contribution is 2.26. The van der Waals surface area contributed by atoms with Crippen molar-refractivity contribution in [1.29, 1.82) is 0 Å². The van der Waals surface area contributed by atoms with Crippen LogP contribution >= 0.6 is 0 Å². The fraction of sp³-hybridized carbons (Fsp3) is 0.350. The van der Waals surface area contributed by atoms with Crippen LogP contribution < -0.4 is 15.8 Å². The van der Waals surface area contributed by atoms with Crippen molar-refractivity contribution in [3.05, 3.63) is 42.0 Å². The number of primary amides is 1. The minimum atomic E-state index is -1.10. The van der Waals surface area contributed by atoms with Crippen LogP contribution in [0.2, 0.25) is 0 Å². The zero-order chi connectivity index (χ0) is 20.1. The van der Waals surface area contributed by atoms with E-state index in [1.54, 1.807) is 27.9 Å². The Morgan fingerprint density at radius 3 is 2.22 bits per heavy atom. The molecule has 0 saturated carbocycles. The molecule has 0 spiro atoms. The second-order valence-corrected chi connectivity index (χ2v) is 6.65. The van der Waals surface area contributed by atoms with Crippen molar-refractivity contribution in [2.45, 2.75) is 32.8 Å². The lowest BCUT2D eigenvalue weighted by molar-refractivity contribution is -0.159. The van der Waals surface area contributed by atoms with Gasteiger partial charge in [-0.25, -0.2) is 4.79 Å². The number of imide groups is 1. The fourth-order valence-corrected chi connectivity index (χ4v) is 2.69. The van der Waals surface area contributed by atoms with Crippen LogP contribution in [0.4, 0.5) is 4.79 Å². The highest BCUT2D eigenvalue weighted by molar-refractivity contribution is 5.97. The lowest BCUT2D eigenvalue weighted by Gasteiger charge is -2.22. The summed E-state index contributed by atoms with van der Waals surface area (Å²) < 4.78 is 10.6. The number of carbonyl (C=O) groups excluding carboxylic acids is 3. The van der Waals surface area contributed by atoms with E-state index >= 15 is 0 Å². The van der Waals surface area contributed by atoms with Gasteiger partial charge in [0.25, 0.3) is 5.91 Å². The number of hydrogen-bond donors (Lipinski definition) is 2. The van der Waals surface area contributed by atoms with Crippen LogP contribution in [-0.4, -0.2) is 31.1 Å². The van der Waals surface area contributed by atoms with E-state index in [2.05, 4.69) is 0 Å². The van der Waals surface area contributed by atoms with Gasteiger partial charge in [0.15, 0.2) is 6.10 Å². The van der Waals surface area contributed by atoms with Crippen molar-refractivity contribution in [3.8, 4) is 5.75 Å². The summed E-state index contributed by atoms with van der Waals surface area (Å²) in [5.41, 5.74) is 5.73. The number of rotatable bonds is 6. The monoisotopic (exact) mass is 372 g/mol. The van der Waals surface area contributed by atoms with Gasteiger partial charge in [-0.1, -0.05) is 38.1 Å². The van der Waals surface area contributed by atoms with E-state index in [4.69, 9.17) is 15.2 Å². The minimum Gasteiger partial charge on any atom is -0.497 e. The predicted octanol–water partition coefficient (Wildman–Crippen LogP) is 2.71. The summed E-state index contributed by atoms with van der Waals surface area (Å²) in [5, 5.41) is 3.90. The normalized spacial score (nSPS) is 13.1. The summed E-state index contributed by atoms with van der Waals surface area (Å²) in [4.78, 5) is 35.5. The van der Waals surface area contributed by atoms with Gasteiger partial charge in [-0.05, 0) is 41.3 Å². The fourth-order valence-electron chi connectivity index (χ4n) is 2.69. The number of amides is 3. The first-order chi connectivity index (χ1) is 12.7. The Morgan fingerprint density at radius 2 is 1.63 bits per heavy atom. The zero-order valence-electron chi connectivity index (χ0n) is 15.8. The molecule has 0 bridgehead atoms. The molecule has 0 unspecified atom stereocenters. The molecule has 2 rings (SSSR count). The van der Waals surface area contributed by atoms with Gasteiger partial charge >= 0.3 is 12.0 Å². The van der Waals surface area contributed by atoms with Gasteiger partial charge in [0, 0.05) is 0 Å². The van der Waals surface area contributed by atoms with Crippen LogP contribution in [-0.2, 0) is 14.3 Å². The number of nitrogens with one attached hydrogen (secondary N) is 1. The Balaban J connectivity index is 2.18. The molecule has 3 N–H and O–H groups in total. The average molecular weight is 372 g/mol. The summed E-state index contributed by atoms with van der Waals surface area (Å²) in [6.45, 7) is 5.13. The van der Waals surface area contributed by atoms with E-state index in [0.29, 0.717) is 0 Å². The molecular formula is C20H24N2O5. The Morgan fingerprint density at radius 1 is 1.00 bits per heavy atom. The highest BCUT2D eigenvalue weighted by atomic mass is 16.5.